The van der Waals surface area contributed by atoms with Crippen molar-refractivity contribution in [1.29, 1.82) is 0 Å². The van der Waals surface area contributed by atoms with Crippen LogP contribution in [0.4, 0.5) is 4.79 Å². The van der Waals surface area contributed by atoms with Crippen LogP contribution in [0, 0.1) is 33.6 Å². The molecule has 9 nitrogen and oxygen atoms in total. The summed E-state index contributed by atoms with van der Waals surface area (Å²) in [6.45, 7) is 10.2. The molecule has 0 spiro atoms. The van der Waals surface area contributed by atoms with E-state index in [0.717, 1.165) is 61.8 Å². The van der Waals surface area contributed by atoms with Gasteiger partial charge in [-0.15, -0.1) is 0 Å². The van der Waals surface area contributed by atoms with Crippen LogP contribution in [0.5, 0.6) is 11.5 Å². The van der Waals surface area contributed by atoms with Crippen molar-refractivity contribution in [2.24, 2.45) is 5.92 Å². The average molecular weight is 540 g/mol. The Kier molecular flexibility index (Phi) is 9.20. The summed E-state index contributed by atoms with van der Waals surface area (Å²) >= 11 is 0. The monoisotopic (exact) mass is 539 g/mol. The van der Waals surface area contributed by atoms with Gasteiger partial charge in [-0.25, -0.2) is 4.79 Å². The van der Waals surface area contributed by atoms with Crippen LogP contribution in [0.2, 0.25) is 0 Å². The number of fused-ring (bicyclic) bond motifs is 1. The van der Waals surface area contributed by atoms with Gasteiger partial charge in [0.15, 0.2) is 11.5 Å². The number of carbonyl (C=O) groups excluding carboxylic acids is 2. The minimum atomic E-state index is -0.425. The lowest BCUT2D eigenvalue weighted by Crippen LogP contribution is -2.41. The summed E-state index contributed by atoms with van der Waals surface area (Å²) in [7, 11) is 0. The maximum atomic E-state index is 13.1. The van der Waals surface area contributed by atoms with Gasteiger partial charge in [-0.3, -0.25) is 9.59 Å². The summed E-state index contributed by atoms with van der Waals surface area (Å²) in [5.74, 6) is 1.20. The Morgan fingerprint density at radius 2 is 1.72 bits per heavy atom. The van der Waals surface area contributed by atoms with Crippen LogP contribution in [0.3, 0.4) is 0 Å². The molecule has 1 aliphatic carbocycles. The number of aryl methyl sites for hydroxylation is 3. The third-order valence-corrected chi connectivity index (χ3v) is 7.76. The molecule has 2 amide bonds. The average Bonchev–Trinajstić information content (AvgIpc) is 3.35. The van der Waals surface area contributed by atoms with Crippen LogP contribution in [-0.4, -0.2) is 35.9 Å². The smallest absolute Gasteiger partial charge is 0.407 e. The second-order valence-corrected chi connectivity index (χ2v) is 10.9. The predicted octanol–water partition coefficient (Wildman–Crippen LogP) is 5.11. The maximum Gasteiger partial charge on any atom is 0.407 e. The van der Waals surface area contributed by atoms with E-state index in [9.17, 15) is 14.4 Å². The molecular formula is C30H41N3O6. The number of benzene rings is 1. The van der Waals surface area contributed by atoms with Gasteiger partial charge in [-0.05, 0) is 83.1 Å². The Labute approximate surface area is 230 Å². The van der Waals surface area contributed by atoms with Gasteiger partial charge >= 0.3 is 6.09 Å². The number of carbonyl (C=O) groups is 2. The van der Waals surface area contributed by atoms with Crippen LogP contribution >= 0.6 is 0 Å². The van der Waals surface area contributed by atoms with E-state index in [2.05, 4.69) is 22.5 Å². The second kappa shape index (κ2) is 12.6. The van der Waals surface area contributed by atoms with Crippen molar-refractivity contribution in [3.63, 3.8) is 0 Å². The van der Waals surface area contributed by atoms with Crippen molar-refractivity contribution < 1.29 is 23.8 Å². The highest BCUT2D eigenvalue weighted by molar-refractivity contribution is 5.97. The molecule has 0 bridgehead atoms. The van der Waals surface area contributed by atoms with E-state index in [4.69, 9.17) is 14.2 Å². The number of aromatic nitrogens is 1. The zero-order valence-electron chi connectivity index (χ0n) is 23.7. The number of ether oxygens (including phenoxy) is 3. The molecule has 1 fully saturated rings. The van der Waals surface area contributed by atoms with E-state index < -0.39 is 6.29 Å². The molecule has 0 radical (unpaired) electrons. The van der Waals surface area contributed by atoms with Crippen LogP contribution in [0.15, 0.2) is 16.9 Å². The number of amides is 2. The molecule has 39 heavy (non-hydrogen) atoms. The fourth-order valence-corrected chi connectivity index (χ4v) is 5.46. The number of unbranched alkanes of at least 4 members (excludes halogenated alkanes) is 2. The van der Waals surface area contributed by atoms with Gasteiger partial charge in [0.25, 0.3) is 11.5 Å². The lowest BCUT2D eigenvalue weighted by Gasteiger charge is -2.31. The summed E-state index contributed by atoms with van der Waals surface area (Å²) in [4.78, 5) is 40.3. The summed E-state index contributed by atoms with van der Waals surface area (Å²) in [5, 5.41) is 5.88. The highest BCUT2D eigenvalue weighted by Crippen LogP contribution is 2.45. The molecule has 1 aliphatic heterocycles. The molecule has 4 rings (SSSR count). The molecule has 212 valence electrons. The van der Waals surface area contributed by atoms with Crippen molar-refractivity contribution in [1.82, 2.24) is 15.6 Å². The van der Waals surface area contributed by atoms with Gasteiger partial charge in [0.05, 0.1) is 6.61 Å². The van der Waals surface area contributed by atoms with Crippen molar-refractivity contribution >= 4 is 12.0 Å². The number of hydrogen-bond acceptors (Lipinski definition) is 6. The quantitative estimate of drug-likeness (QED) is 0.381. The standard InChI is InChI=1S/C30H41N3O6/c1-6-7-8-13-37-30(36)33-22-11-9-21(10-12-22)29-38-25-18(3)15-23(20(5)26(25)39-29)27(34)31-16-24-17(2)14-19(4)32-28(24)35/h14-15,21-22,29H,6-13,16H2,1-5H3,(H,31,34)(H,32,35)(H,33,36). The van der Waals surface area contributed by atoms with E-state index in [0.29, 0.717) is 34.8 Å². The molecule has 3 N–H and O–H groups in total. The van der Waals surface area contributed by atoms with Crippen molar-refractivity contribution in [2.75, 3.05) is 6.61 Å². The Hall–Kier alpha value is -3.49. The van der Waals surface area contributed by atoms with E-state index in [1.54, 1.807) is 0 Å². The normalized spacial score (nSPS) is 20.0. The van der Waals surface area contributed by atoms with E-state index in [1.807, 2.05) is 39.8 Å². The van der Waals surface area contributed by atoms with E-state index >= 15 is 0 Å². The van der Waals surface area contributed by atoms with Gasteiger partial charge < -0.3 is 29.8 Å². The second-order valence-electron chi connectivity index (χ2n) is 10.9. The minimum Gasteiger partial charge on any atom is -0.450 e. The van der Waals surface area contributed by atoms with Crippen LogP contribution < -0.4 is 25.7 Å². The first-order valence-corrected chi connectivity index (χ1v) is 14.1. The predicted molar refractivity (Wildman–Crippen MR) is 148 cm³/mol. The molecule has 9 heteroatoms. The topological polar surface area (TPSA) is 119 Å². The third-order valence-electron chi connectivity index (χ3n) is 7.76. The third kappa shape index (κ3) is 6.75. The Morgan fingerprint density at radius 1 is 1.00 bits per heavy atom. The fourth-order valence-electron chi connectivity index (χ4n) is 5.46. The molecule has 1 atom stereocenters. The lowest BCUT2D eigenvalue weighted by molar-refractivity contribution is -0.0207. The lowest BCUT2D eigenvalue weighted by atomic mass is 9.85. The molecule has 2 aromatic rings. The molecule has 2 heterocycles. The van der Waals surface area contributed by atoms with Crippen LogP contribution in [0.1, 0.15) is 90.2 Å². The summed E-state index contributed by atoms with van der Waals surface area (Å²) < 4.78 is 17.8. The Bertz CT molecular complexity index is 1260. The number of rotatable bonds is 9. The molecule has 1 aromatic carbocycles. The zero-order chi connectivity index (χ0) is 28.1. The summed E-state index contributed by atoms with van der Waals surface area (Å²) in [6, 6.07) is 3.80. The molecule has 1 aromatic heterocycles. The molecule has 2 aliphatic rings. The van der Waals surface area contributed by atoms with Gasteiger partial charge in [-0.2, -0.15) is 0 Å². The Morgan fingerprint density at radius 3 is 2.41 bits per heavy atom. The molecule has 1 unspecified atom stereocenters. The summed E-state index contributed by atoms with van der Waals surface area (Å²) in [5.41, 5.74) is 4.02. The number of H-pyrrole nitrogens is 1. The van der Waals surface area contributed by atoms with Gasteiger partial charge in [-0.1, -0.05) is 19.8 Å². The van der Waals surface area contributed by atoms with Crippen molar-refractivity contribution in [2.45, 2.75) is 98.4 Å². The van der Waals surface area contributed by atoms with Crippen LogP contribution in [-0.2, 0) is 11.3 Å². The summed E-state index contributed by atoms with van der Waals surface area (Å²) in [6.07, 6.45) is 5.65. The molecular weight excluding hydrogens is 498 g/mol. The number of aromatic amines is 1. The first kappa shape index (κ1) is 28.5. The van der Waals surface area contributed by atoms with Gasteiger partial charge in [0.2, 0.25) is 6.29 Å². The Balaban J connectivity index is 1.33. The number of pyridine rings is 1. The highest BCUT2D eigenvalue weighted by Gasteiger charge is 2.37. The highest BCUT2D eigenvalue weighted by atomic mass is 16.7. The fraction of sp³-hybridized carbons (Fsp3) is 0.567. The maximum absolute atomic E-state index is 13.1. The van der Waals surface area contributed by atoms with Gasteiger partial charge in [0.1, 0.15) is 0 Å². The number of hydrogen-bond donors (Lipinski definition) is 3. The van der Waals surface area contributed by atoms with Gasteiger partial charge in [0, 0.05) is 40.9 Å². The first-order chi connectivity index (χ1) is 18.7. The van der Waals surface area contributed by atoms with Crippen LogP contribution in [0.25, 0.3) is 0 Å². The minimum absolute atomic E-state index is 0.0897. The van der Waals surface area contributed by atoms with Crippen molar-refractivity contribution in [3.05, 3.63) is 56.0 Å². The molecule has 0 saturated heterocycles. The SMILES string of the molecule is CCCCCOC(=O)NC1CCC(C2Oc3c(C)cc(C(=O)NCc4c(C)cc(C)[nH]c4=O)c(C)c3O2)CC1. The van der Waals surface area contributed by atoms with E-state index in [1.165, 1.54) is 0 Å². The van der Waals surface area contributed by atoms with E-state index in [-0.39, 0.29) is 36.1 Å². The van der Waals surface area contributed by atoms with Crippen molar-refractivity contribution in [3.8, 4) is 11.5 Å². The molecule has 1 saturated carbocycles. The number of alkyl carbamates (subject to hydrolysis) is 1. The first-order valence-electron chi connectivity index (χ1n) is 14.1. The zero-order valence-corrected chi connectivity index (χ0v) is 23.7. The largest absolute Gasteiger partial charge is 0.450 e. The number of nitrogens with one attached hydrogen (secondary N) is 3.